The van der Waals surface area contributed by atoms with Crippen LogP contribution >= 0.6 is 0 Å². The Morgan fingerprint density at radius 1 is 1.09 bits per heavy atom. The van der Waals surface area contributed by atoms with E-state index < -0.39 is 32.5 Å². The second kappa shape index (κ2) is 9.75. The molecule has 1 aliphatic rings. The summed E-state index contributed by atoms with van der Waals surface area (Å²) in [4.78, 5) is 15.9. The van der Waals surface area contributed by atoms with Crippen LogP contribution in [-0.4, -0.2) is 46.5 Å². The summed E-state index contributed by atoms with van der Waals surface area (Å²) < 4.78 is 55.6. The third-order valence-electron chi connectivity index (χ3n) is 5.61. The largest absolute Gasteiger partial charge is 0.309 e. The van der Waals surface area contributed by atoms with Crippen LogP contribution in [0.4, 0.5) is 14.6 Å². The molecule has 0 bridgehead atoms. The van der Waals surface area contributed by atoms with Crippen LogP contribution in [0.15, 0.2) is 59.9 Å². The van der Waals surface area contributed by atoms with E-state index in [-0.39, 0.29) is 31.8 Å². The van der Waals surface area contributed by atoms with Crippen LogP contribution in [0.5, 0.6) is 0 Å². The lowest BCUT2D eigenvalue weighted by molar-refractivity contribution is -0.120. The van der Waals surface area contributed by atoms with Gasteiger partial charge in [-0.25, -0.2) is 17.2 Å². The lowest BCUT2D eigenvalue weighted by atomic mass is 9.97. The highest BCUT2D eigenvalue weighted by Gasteiger charge is 2.34. The van der Waals surface area contributed by atoms with Crippen molar-refractivity contribution in [2.24, 2.45) is 5.92 Å². The topological polar surface area (TPSA) is 97.2 Å². The average molecular weight is 476 g/mol. The van der Waals surface area contributed by atoms with E-state index in [1.54, 1.807) is 29.3 Å². The second-order valence-electron chi connectivity index (χ2n) is 7.81. The van der Waals surface area contributed by atoms with Gasteiger partial charge >= 0.3 is 0 Å². The number of pyridine rings is 1. The summed E-state index contributed by atoms with van der Waals surface area (Å²) in [5.41, 5.74) is 1.13. The molecule has 0 saturated carbocycles. The summed E-state index contributed by atoms with van der Waals surface area (Å²) in [6, 6.07) is 7.90. The van der Waals surface area contributed by atoms with Gasteiger partial charge in [-0.1, -0.05) is 0 Å². The number of halogens is 2. The normalized spacial score (nSPS) is 15.5. The van der Waals surface area contributed by atoms with Crippen molar-refractivity contribution >= 4 is 21.7 Å². The zero-order chi connectivity index (χ0) is 23.4. The van der Waals surface area contributed by atoms with E-state index in [0.717, 1.165) is 28.4 Å². The number of sulfonamides is 1. The monoisotopic (exact) mass is 475 g/mol. The van der Waals surface area contributed by atoms with E-state index in [9.17, 15) is 22.0 Å². The molecule has 1 aliphatic heterocycles. The molecule has 0 radical (unpaired) electrons. The number of rotatable bonds is 7. The average Bonchev–Trinajstić information content (AvgIpc) is 3.27. The van der Waals surface area contributed by atoms with Crippen LogP contribution in [0.2, 0.25) is 0 Å². The number of amides is 1. The van der Waals surface area contributed by atoms with E-state index >= 15 is 0 Å². The molecular formula is C22H23F2N5O3S. The first kappa shape index (κ1) is 23.0. The number of nitrogens with zero attached hydrogens (tertiary/aromatic N) is 4. The molecule has 0 aliphatic carbocycles. The lowest BCUT2D eigenvalue weighted by Gasteiger charge is -2.30. The maximum atomic E-state index is 14.0. The van der Waals surface area contributed by atoms with Gasteiger partial charge in [-0.3, -0.25) is 14.5 Å². The fourth-order valence-electron chi connectivity index (χ4n) is 3.75. The minimum atomic E-state index is -4.18. The first-order chi connectivity index (χ1) is 15.8. The highest BCUT2D eigenvalue weighted by Crippen LogP contribution is 2.26. The van der Waals surface area contributed by atoms with Crippen molar-refractivity contribution in [1.29, 1.82) is 0 Å². The van der Waals surface area contributed by atoms with Gasteiger partial charge < -0.3 is 5.32 Å². The number of hydrogen-bond acceptors (Lipinski definition) is 5. The predicted molar refractivity (Wildman–Crippen MR) is 117 cm³/mol. The Balaban J connectivity index is 1.31. The van der Waals surface area contributed by atoms with Crippen molar-refractivity contribution in [2.75, 3.05) is 18.4 Å². The third-order valence-corrected chi connectivity index (χ3v) is 7.52. The predicted octanol–water partition coefficient (Wildman–Crippen LogP) is 2.84. The molecule has 3 heterocycles. The first-order valence-corrected chi connectivity index (χ1v) is 12.0. The number of nitrogens with one attached hydrogen (secondary N) is 1. The molecule has 174 valence electrons. The molecule has 33 heavy (non-hydrogen) atoms. The molecule has 1 amide bonds. The third kappa shape index (κ3) is 5.42. The van der Waals surface area contributed by atoms with Crippen molar-refractivity contribution in [3.63, 3.8) is 0 Å². The number of carbonyl (C=O) groups excluding carboxylic acids is 1. The molecule has 11 heteroatoms. The summed E-state index contributed by atoms with van der Waals surface area (Å²) in [5.74, 6) is -2.06. The minimum Gasteiger partial charge on any atom is -0.309 e. The Kier molecular flexibility index (Phi) is 6.80. The number of anilines is 1. The standard InChI is InChI=1S/C22H23F2N5O3S/c23-18-1-2-19(24)20(15-18)33(31,32)29-13-6-17(7-14-29)22(30)26-21-8-12-28(27-21)11-5-16-3-9-25-10-4-16/h1-4,8-10,12,15,17H,5-7,11,13-14H2,(H,26,27,30). The van der Waals surface area contributed by atoms with Crippen LogP contribution < -0.4 is 5.32 Å². The van der Waals surface area contributed by atoms with Crippen molar-refractivity contribution in [2.45, 2.75) is 30.7 Å². The summed E-state index contributed by atoms with van der Waals surface area (Å²) in [6.45, 7) is 0.722. The summed E-state index contributed by atoms with van der Waals surface area (Å²) in [5, 5.41) is 7.13. The number of aromatic nitrogens is 3. The van der Waals surface area contributed by atoms with Crippen LogP contribution in [0.25, 0.3) is 0 Å². The summed E-state index contributed by atoms with van der Waals surface area (Å²) in [6.07, 6.45) is 6.55. The van der Waals surface area contributed by atoms with E-state index in [0.29, 0.717) is 18.4 Å². The molecule has 0 spiro atoms. The molecule has 0 atom stereocenters. The van der Waals surface area contributed by atoms with Gasteiger partial charge in [-0.15, -0.1) is 0 Å². The summed E-state index contributed by atoms with van der Waals surface area (Å²) in [7, 11) is -4.18. The molecule has 4 rings (SSSR count). The van der Waals surface area contributed by atoms with Crippen molar-refractivity contribution in [3.8, 4) is 0 Å². The van der Waals surface area contributed by atoms with Crippen LogP contribution in [0.3, 0.4) is 0 Å². The maximum Gasteiger partial charge on any atom is 0.246 e. The maximum absolute atomic E-state index is 14.0. The fourth-order valence-corrected chi connectivity index (χ4v) is 5.29. The van der Waals surface area contributed by atoms with Gasteiger partial charge in [0.1, 0.15) is 16.5 Å². The van der Waals surface area contributed by atoms with Gasteiger partial charge in [0.05, 0.1) is 0 Å². The second-order valence-corrected chi connectivity index (χ2v) is 9.72. The molecule has 2 aromatic heterocycles. The Morgan fingerprint density at radius 2 is 1.82 bits per heavy atom. The van der Waals surface area contributed by atoms with Crippen molar-refractivity contribution in [1.82, 2.24) is 19.1 Å². The van der Waals surface area contributed by atoms with E-state index in [1.165, 1.54) is 0 Å². The summed E-state index contributed by atoms with van der Waals surface area (Å²) >= 11 is 0. The minimum absolute atomic E-state index is 0.0384. The van der Waals surface area contributed by atoms with Gasteiger partial charge in [0.25, 0.3) is 0 Å². The van der Waals surface area contributed by atoms with E-state index in [4.69, 9.17) is 0 Å². The molecular weight excluding hydrogens is 452 g/mol. The number of piperidine rings is 1. The smallest absolute Gasteiger partial charge is 0.246 e. The van der Waals surface area contributed by atoms with Crippen LogP contribution in [0.1, 0.15) is 18.4 Å². The Hall–Kier alpha value is -3.18. The molecule has 1 aromatic carbocycles. The highest BCUT2D eigenvalue weighted by molar-refractivity contribution is 7.89. The van der Waals surface area contributed by atoms with Gasteiger partial charge in [0.15, 0.2) is 5.82 Å². The fraction of sp³-hybridized carbons (Fsp3) is 0.318. The van der Waals surface area contributed by atoms with Gasteiger partial charge in [-0.2, -0.15) is 9.40 Å². The molecule has 0 unspecified atom stereocenters. The first-order valence-electron chi connectivity index (χ1n) is 10.5. The SMILES string of the molecule is O=C(Nc1ccn(CCc2ccncc2)n1)C1CCN(S(=O)(=O)c2cc(F)ccc2F)CC1. The van der Waals surface area contributed by atoms with Crippen LogP contribution in [-0.2, 0) is 27.8 Å². The molecule has 8 nitrogen and oxygen atoms in total. The zero-order valence-electron chi connectivity index (χ0n) is 17.7. The van der Waals surface area contributed by atoms with Gasteiger partial charge in [-0.05, 0) is 55.2 Å². The highest BCUT2D eigenvalue weighted by atomic mass is 32.2. The van der Waals surface area contributed by atoms with Crippen molar-refractivity contribution in [3.05, 3.63) is 72.2 Å². The van der Waals surface area contributed by atoms with Crippen molar-refractivity contribution < 1.29 is 22.0 Å². The molecule has 1 saturated heterocycles. The molecule has 3 aromatic rings. The number of benzene rings is 1. The molecule has 1 fully saturated rings. The Bertz CT molecular complexity index is 1230. The van der Waals surface area contributed by atoms with E-state index in [2.05, 4.69) is 15.4 Å². The number of carbonyl (C=O) groups is 1. The Labute approximate surface area is 190 Å². The van der Waals surface area contributed by atoms with Crippen LogP contribution in [0, 0.1) is 17.6 Å². The number of hydrogen-bond donors (Lipinski definition) is 1. The number of aryl methyl sites for hydroxylation is 2. The van der Waals surface area contributed by atoms with Gasteiger partial charge in [0, 0.05) is 50.2 Å². The van der Waals surface area contributed by atoms with E-state index in [1.807, 2.05) is 12.1 Å². The Morgan fingerprint density at radius 3 is 2.55 bits per heavy atom. The molecule has 1 N–H and O–H groups in total. The zero-order valence-corrected chi connectivity index (χ0v) is 18.5. The van der Waals surface area contributed by atoms with Gasteiger partial charge in [0.2, 0.25) is 15.9 Å². The lowest BCUT2D eigenvalue weighted by Crippen LogP contribution is -2.41. The quantitative estimate of drug-likeness (QED) is 0.567.